The van der Waals surface area contributed by atoms with Crippen LogP contribution >= 0.6 is 11.6 Å². The van der Waals surface area contributed by atoms with Crippen molar-refractivity contribution < 1.29 is 14.3 Å². The number of ether oxygens (including phenoxy) is 1. The number of carbonyl (C=O) groups excluding carboxylic acids is 2. The number of piperidine rings is 1. The summed E-state index contributed by atoms with van der Waals surface area (Å²) in [6.45, 7) is 4.70. The zero-order valence-corrected chi connectivity index (χ0v) is 21.2. The minimum atomic E-state index is -0.542. The Kier molecular flexibility index (Phi) is 6.32. The predicted molar refractivity (Wildman–Crippen MR) is 135 cm³/mol. The van der Waals surface area contributed by atoms with Crippen molar-refractivity contribution in [2.75, 3.05) is 20.2 Å². The maximum atomic E-state index is 13.3. The molecule has 0 N–H and O–H groups in total. The molecule has 0 bridgehead atoms. The van der Waals surface area contributed by atoms with Crippen molar-refractivity contribution >= 4 is 34.2 Å². The molecule has 0 aliphatic carbocycles. The van der Waals surface area contributed by atoms with Crippen LogP contribution < -0.4 is 0 Å². The molecule has 8 heteroatoms. The number of nitrogens with zero attached hydrogens (tertiary/aromatic N) is 4. The number of rotatable bonds is 5. The van der Waals surface area contributed by atoms with E-state index in [0.29, 0.717) is 31.1 Å². The van der Waals surface area contributed by atoms with Crippen LogP contribution in [-0.2, 0) is 34.5 Å². The maximum Gasteiger partial charge on any atom is 0.311 e. The van der Waals surface area contributed by atoms with E-state index in [4.69, 9.17) is 16.3 Å². The number of hydrogen-bond acceptors (Lipinski definition) is 5. The molecule has 2 aliphatic heterocycles. The van der Waals surface area contributed by atoms with E-state index in [1.54, 1.807) is 4.68 Å². The number of aromatic nitrogens is 2. The summed E-state index contributed by atoms with van der Waals surface area (Å²) in [5.74, 6) is -0.724. The van der Waals surface area contributed by atoms with Crippen molar-refractivity contribution in [3.8, 4) is 0 Å². The number of carbonyl (C=O) groups is 2. The van der Waals surface area contributed by atoms with Gasteiger partial charge in [-0.1, -0.05) is 48.0 Å². The summed E-state index contributed by atoms with van der Waals surface area (Å²) < 4.78 is 6.86. The van der Waals surface area contributed by atoms with Gasteiger partial charge in [-0.2, -0.15) is 5.10 Å². The average molecular weight is 495 g/mol. The SMILES string of the molecule is COC(=O)C1CC(=O)N(Cc2ccc3ccccc3c2)C12CCN(Cc1c(C)nn(C)c1Cl)CC2. The fourth-order valence-corrected chi connectivity index (χ4v) is 6.15. The second-order valence-corrected chi connectivity index (χ2v) is 10.2. The summed E-state index contributed by atoms with van der Waals surface area (Å²) in [7, 11) is 3.26. The highest BCUT2D eigenvalue weighted by atomic mass is 35.5. The van der Waals surface area contributed by atoms with Gasteiger partial charge in [0.05, 0.1) is 24.3 Å². The van der Waals surface area contributed by atoms with E-state index in [1.807, 2.05) is 31.0 Å². The number of methoxy groups -OCH3 is 1. The lowest BCUT2D eigenvalue weighted by atomic mass is 9.76. The molecule has 2 aromatic carbocycles. The molecule has 1 unspecified atom stereocenters. The Morgan fingerprint density at radius 1 is 1.14 bits per heavy atom. The van der Waals surface area contributed by atoms with Crippen molar-refractivity contribution in [1.82, 2.24) is 19.6 Å². The molecule has 7 nitrogen and oxygen atoms in total. The third-order valence-electron chi connectivity index (χ3n) is 7.88. The van der Waals surface area contributed by atoms with Crippen LogP contribution in [0.4, 0.5) is 0 Å². The van der Waals surface area contributed by atoms with Gasteiger partial charge in [-0.3, -0.25) is 19.2 Å². The second-order valence-electron chi connectivity index (χ2n) is 9.80. The molecule has 2 aliphatic rings. The predicted octanol–water partition coefficient (Wildman–Crippen LogP) is 4.09. The Balaban J connectivity index is 1.40. The van der Waals surface area contributed by atoms with Crippen LogP contribution in [-0.4, -0.2) is 57.2 Å². The van der Waals surface area contributed by atoms with E-state index < -0.39 is 11.5 Å². The lowest BCUT2D eigenvalue weighted by molar-refractivity contribution is -0.150. The molecule has 1 aromatic heterocycles. The molecule has 184 valence electrons. The van der Waals surface area contributed by atoms with Crippen LogP contribution in [0.25, 0.3) is 10.8 Å². The first-order valence-electron chi connectivity index (χ1n) is 12.1. The number of benzene rings is 2. The fourth-order valence-electron chi connectivity index (χ4n) is 5.92. The van der Waals surface area contributed by atoms with Crippen LogP contribution in [0.15, 0.2) is 42.5 Å². The number of likely N-dealkylation sites (tertiary alicyclic amines) is 2. The quantitative estimate of drug-likeness (QED) is 0.500. The first-order valence-corrected chi connectivity index (χ1v) is 12.5. The largest absolute Gasteiger partial charge is 0.469 e. The van der Waals surface area contributed by atoms with E-state index in [0.717, 1.165) is 35.3 Å². The molecule has 2 fully saturated rings. The van der Waals surface area contributed by atoms with Gasteiger partial charge in [0.25, 0.3) is 0 Å². The van der Waals surface area contributed by atoms with E-state index in [9.17, 15) is 9.59 Å². The summed E-state index contributed by atoms with van der Waals surface area (Å²) in [5, 5.41) is 7.40. The zero-order chi connectivity index (χ0) is 24.7. The minimum absolute atomic E-state index is 0.0214. The topological polar surface area (TPSA) is 67.7 Å². The summed E-state index contributed by atoms with van der Waals surface area (Å²) in [6.07, 6.45) is 1.62. The molecular formula is C27H31ClN4O3. The number of fused-ring (bicyclic) bond motifs is 1. The van der Waals surface area contributed by atoms with Gasteiger partial charge in [-0.25, -0.2) is 0 Å². The highest BCUT2D eigenvalue weighted by Crippen LogP contribution is 2.45. The first-order chi connectivity index (χ1) is 16.8. The Morgan fingerprint density at radius 2 is 1.86 bits per heavy atom. The molecule has 1 atom stereocenters. The first kappa shape index (κ1) is 23.8. The third-order valence-corrected chi connectivity index (χ3v) is 8.35. The van der Waals surface area contributed by atoms with Gasteiger partial charge in [0, 0.05) is 45.2 Å². The maximum absolute atomic E-state index is 13.3. The van der Waals surface area contributed by atoms with Gasteiger partial charge in [0.1, 0.15) is 5.15 Å². The lowest BCUT2D eigenvalue weighted by Gasteiger charge is -2.47. The number of esters is 1. The van der Waals surface area contributed by atoms with Gasteiger partial charge in [-0.15, -0.1) is 0 Å². The van der Waals surface area contributed by atoms with Crippen molar-refractivity contribution in [3.05, 3.63) is 64.4 Å². The normalized spacial score (nSPS) is 20.2. The molecule has 5 rings (SSSR count). The van der Waals surface area contributed by atoms with Crippen molar-refractivity contribution in [3.63, 3.8) is 0 Å². The molecule has 3 heterocycles. The number of amides is 1. The third kappa shape index (κ3) is 4.21. The van der Waals surface area contributed by atoms with Crippen molar-refractivity contribution in [1.29, 1.82) is 0 Å². The van der Waals surface area contributed by atoms with Crippen LogP contribution in [0.1, 0.15) is 36.1 Å². The van der Waals surface area contributed by atoms with Crippen LogP contribution in [0.5, 0.6) is 0 Å². The van der Waals surface area contributed by atoms with E-state index in [-0.39, 0.29) is 18.3 Å². The molecule has 2 saturated heterocycles. The van der Waals surface area contributed by atoms with E-state index >= 15 is 0 Å². The van der Waals surface area contributed by atoms with Crippen molar-refractivity contribution in [2.24, 2.45) is 13.0 Å². The Hall–Kier alpha value is -2.90. The molecule has 1 spiro atoms. The molecule has 1 amide bonds. The summed E-state index contributed by atoms with van der Waals surface area (Å²) >= 11 is 6.47. The van der Waals surface area contributed by atoms with Gasteiger partial charge in [0.15, 0.2) is 0 Å². The highest BCUT2D eigenvalue weighted by molar-refractivity contribution is 6.30. The smallest absolute Gasteiger partial charge is 0.311 e. The van der Waals surface area contributed by atoms with Gasteiger partial charge in [-0.05, 0) is 42.2 Å². The second kappa shape index (κ2) is 9.28. The summed E-state index contributed by atoms with van der Waals surface area (Å²) in [4.78, 5) is 30.4. The van der Waals surface area contributed by atoms with Gasteiger partial charge in [0.2, 0.25) is 5.91 Å². The number of hydrogen-bond donors (Lipinski definition) is 0. The lowest BCUT2D eigenvalue weighted by Crippen LogP contribution is -2.57. The number of halogens is 1. The van der Waals surface area contributed by atoms with Crippen LogP contribution in [0, 0.1) is 12.8 Å². The van der Waals surface area contributed by atoms with Crippen molar-refractivity contribution in [2.45, 2.75) is 44.8 Å². The monoisotopic (exact) mass is 494 g/mol. The summed E-state index contributed by atoms with van der Waals surface area (Å²) in [5.41, 5.74) is 2.49. The van der Waals surface area contributed by atoms with Crippen LogP contribution in [0.2, 0.25) is 5.15 Å². The minimum Gasteiger partial charge on any atom is -0.469 e. The highest BCUT2D eigenvalue weighted by Gasteiger charge is 2.57. The molecule has 3 aromatic rings. The van der Waals surface area contributed by atoms with Crippen LogP contribution in [0.3, 0.4) is 0 Å². The van der Waals surface area contributed by atoms with Gasteiger partial charge >= 0.3 is 5.97 Å². The Bertz CT molecular complexity index is 1280. The summed E-state index contributed by atoms with van der Waals surface area (Å²) in [6, 6.07) is 14.5. The van der Waals surface area contributed by atoms with E-state index in [1.165, 1.54) is 12.5 Å². The molecule has 35 heavy (non-hydrogen) atoms. The molecule has 0 saturated carbocycles. The number of aryl methyl sites for hydroxylation is 2. The molecule has 0 radical (unpaired) electrons. The Labute approximate surface area is 210 Å². The zero-order valence-electron chi connectivity index (χ0n) is 20.5. The fraction of sp³-hybridized carbons (Fsp3) is 0.444. The molecular weight excluding hydrogens is 464 g/mol. The van der Waals surface area contributed by atoms with Gasteiger partial charge < -0.3 is 9.64 Å². The standard InChI is InChI=1S/C27H31ClN4O3/c1-18-22(25(28)30(2)29-18)17-31-12-10-27(11-13-31)23(26(34)35-3)15-24(33)32(27)16-19-8-9-20-6-4-5-7-21(20)14-19/h4-9,14,23H,10-13,15-17H2,1-3H3. The Morgan fingerprint density at radius 3 is 2.51 bits per heavy atom. The average Bonchev–Trinajstić information content (AvgIpc) is 3.26. The van der Waals surface area contributed by atoms with E-state index in [2.05, 4.69) is 40.3 Å².